The maximum Gasteiger partial charge on any atom is 0.409 e. The molecule has 2 aromatic carbocycles. The molecule has 0 unspecified atom stereocenters. The van der Waals surface area contributed by atoms with Crippen molar-refractivity contribution in [2.75, 3.05) is 19.0 Å². The Morgan fingerprint density at radius 2 is 1.96 bits per heavy atom. The molecule has 24 heavy (non-hydrogen) atoms. The Morgan fingerprint density at radius 3 is 2.71 bits per heavy atom. The van der Waals surface area contributed by atoms with Crippen LogP contribution in [-0.2, 0) is 17.7 Å². The Labute approximate surface area is 154 Å². The largest absolute Gasteiger partial charge is 0.453 e. The summed E-state index contributed by atoms with van der Waals surface area (Å²) in [5.74, 6) is -0.138. The summed E-state index contributed by atoms with van der Waals surface area (Å²) in [6.45, 7) is 1.14. The number of amides is 2. The number of nitrogens with one attached hydrogen (secondary N) is 1. The van der Waals surface area contributed by atoms with Crippen LogP contribution in [0, 0.1) is 3.57 Å². The van der Waals surface area contributed by atoms with Gasteiger partial charge in [-0.2, -0.15) is 0 Å². The predicted octanol–water partition coefficient (Wildman–Crippen LogP) is 3.67. The molecule has 1 heterocycles. The average Bonchev–Trinajstić information content (AvgIpc) is 2.60. The number of hydrogen-bond acceptors (Lipinski definition) is 3. The Kier molecular flexibility index (Phi) is 5.03. The molecular formula is C18H17IN2O3. The van der Waals surface area contributed by atoms with Gasteiger partial charge in [-0.25, -0.2) is 4.79 Å². The maximum absolute atomic E-state index is 12.4. The van der Waals surface area contributed by atoms with E-state index in [0.29, 0.717) is 18.7 Å². The SMILES string of the molecule is COC(=O)N1CCc2ccc(NC(=O)c3ccccc3I)cc2C1. The van der Waals surface area contributed by atoms with E-state index in [1.54, 1.807) is 11.0 Å². The van der Waals surface area contributed by atoms with Gasteiger partial charge in [-0.15, -0.1) is 0 Å². The second-order valence-electron chi connectivity index (χ2n) is 5.56. The molecular weight excluding hydrogens is 419 g/mol. The van der Waals surface area contributed by atoms with Gasteiger partial charge in [-0.3, -0.25) is 4.79 Å². The van der Waals surface area contributed by atoms with Gasteiger partial charge in [-0.1, -0.05) is 18.2 Å². The van der Waals surface area contributed by atoms with Crippen LogP contribution in [0.4, 0.5) is 10.5 Å². The van der Waals surface area contributed by atoms with Crippen molar-refractivity contribution in [2.45, 2.75) is 13.0 Å². The maximum atomic E-state index is 12.4. The summed E-state index contributed by atoms with van der Waals surface area (Å²) in [7, 11) is 1.38. The van der Waals surface area contributed by atoms with Gasteiger partial charge in [-0.05, 0) is 64.4 Å². The number of anilines is 1. The summed E-state index contributed by atoms with van der Waals surface area (Å²) in [6, 6.07) is 13.3. The summed E-state index contributed by atoms with van der Waals surface area (Å²) in [5, 5.41) is 2.93. The standard InChI is InChI=1S/C18H17IN2O3/c1-24-18(23)21-9-8-12-6-7-14(10-13(12)11-21)20-17(22)15-4-2-3-5-16(15)19/h2-7,10H,8-9,11H2,1H3,(H,20,22). The fourth-order valence-electron chi connectivity index (χ4n) is 2.76. The molecule has 2 aromatic rings. The molecule has 0 saturated carbocycles. The van der Waals surface area contributed by atoms with Gasteiger partial charge in [0.25, 0.3) is 5.91 Å². The fraction of sp³-hybridized carbons (Fsp3) is 0.222. The molecule has 0 saturated heterocycles. The van der Waals surface area contributed by atoms with Crippen molar-refractivity contribution in [1.29, 1.82) is 0 Å². The lowest BCUT2D eigenvalue weighted by Crippen LogP contribution is -2.35. The summed E-state index contributed by atoms with van der Waals surface area (Å²) >= 11 is 2.15. The number of methoxy groups -OCH3 is 1. The zero-order chi connectivity index (χ0) is 17.1. The van der Waals surface area contributed by atoms with E-state index in [2.05, 4.69) is 27.9 Å². The smallest absolute Gasteiger partial charge is 0.409 e. The second-order valence-corrected chi connectivity index (χ2v) is 6.72. The van der Waals surface area contributed by atoms with Crippen molar-refractivity contribution in [3.63, 3.8) is 0 Å². The minimum Gasteiger partial charge on any atom is -0.453 e. The van der Waals surface area contributed by atoms with Gasteiger partial charge in [0.1, 0.15) is 0 Å². The van der Waals surface area contributed by atoms with Crippen molar-refractivity contribution in [1.82, 2.24) is 4.90 Å². The van der Waals surface area contributed by atoms with Crippen LogP contribution in [0.1, 0.15) is 21.5 Å². The highest BCUT2D eigenvalue weighted by Gasteiger charge is 2.21. The molecule has 2 amide bonds. The summed E-state index contributed by atoms with van der Waals surface area (Å²) in [4.78, 5) is 25.8. The Morgan fingerprint density at radius 1 is 1.17 bits per heavy atom. The molecule has 124 valence electrons. The van der Waals surface area contributed by atoms with Gasteiger partial charge in [0.2, 0.25) is 0 Å². The molecule has 1 N–H and O–H groups in total. The highest BCUT2D eigenvalue weighted by Crippen LogP contribution is 2.24. The monoisotopic (exact) mass is 436 g/mol. The van der Waals surface area contributed by atoms with Gasteiger partial charge in [0, 0.05) is 22.3 Å². The first-order valence-corrected chi connectivity index (χ1v) is 8.67. The van der Waals surface area contributed by atoms with E-state index in [4.69, 9.17) is 4.74 Å². The second kappa shape index (κ2) is 7.21. The van der Waals surface area contributed by atoms with E-state index >= 15 is 0 Å². The third-order valence-corrected chi connectivity index (χ3v) is 4.97. The molecule has 3 rings (SSSR count). The van der Waals surface area contributed by atoms with Crippen molar-refractivity contribution in [3.05, 3.63) is 62.7 Å². The predicted molar refractivity (Wildman–Crippen MR) is 100 cm³/mol. The minimum absolute atomic E-state index is 0.138. The first-order valence-electron chi connectivity index (χ1n) is 7.59. The van der Waals surface area contributed by atoms with Crippen LogP contribution in [0.25, 0.3) is 0 Å². The lowest BCUT2D eigenvalue weighted by Gasteiger charge is -2.28. The van der Waals surface area contributed by atoms with Crippen LogP contribution >= 0.6 is 22.6 Å². The molecule has 6 heteroatoms. The fourth-order valence-corrected chi connectivity index (χ4v) is 3.40. The molecule has 0 spiro atoms. The number of benzene rings is 2. The summed E-state index contributed by atoms with van der Waals surface area (Å²) in [6.07, 6.45) is 0.462. The van der Waals surface area contributed by atoms with Crippen LogP contribution in [0.3, 0.4) is 0 Å². The average molecular weight is 436 g/mol. The number of fused-ring (bicyclic) bond motifs is 1. The van der Waals surface area contributed by atoms with E-state index in [-0.39, 0.29) is 12.0 Å². The van der Waals surface area contributed by atoms with Gasteiger partial charge >= 0.3 is 6.09 Å². The molecule has 0 fully saturated rings. The number of nitrogens with zero attached hydrogens (tertiary/aromatic N) is 1. The summed E-state index contributed by atoms with van der Waals surface area (Å²) < 4.78 is 5.69. The molecule has 0 radical (unpaired) electrons. The Bertz CT molecular complexity index is 792. The highest BCUT2D eigenvalue weighted by atomic mass is 127. The topological polar surface area (TPSA) is 58.6 Å². The molecule has 0 aliphatic carbocycles. The number of rotatable bonds is 2. The van der Waals surface area contributed by atoms with Crippen molar-refractivity contribution < 1.29 is 14.3 Å². The number of ether oxygens (including phenoxy) is 1. The number of carbonyl (C=O) groups is 2. The lowest BCUT2D eigenvalue weighted by molar-refractivity contribution is 0.102. The zero-order valence-electron chi connectivity index (χ0n) is 13.2. The van der Waals surface area contributed by atoms with Gasteiger partial charge < -0.3 is 15.0 Å². The first kappa shape index (κ1) is 16.8. The van der Waals surface area contributed by atoms with Crippen LogP contribution in [0.2, 0.25) is 0 Å². The molecule has 0 bridgehead atoms. The zero-order valence-corrected chi connectivity index (χ0v) is 15.4. The normalized spacial score (nSPS) is 13.2. The molecule has 1 aliphatic heterocycles. The molecule has 0 aromatic heterocycles. The van der Waals surface area contributed by atoms with Crippen LogP contribution < -0.4 is 5.32 Å². The third-order valence-electron chi connectivity index (χ3n) is 4.03. The van der Waals surface area contributed by atoms with Crippen LogP contribution in [0.15, 0.2) is 42.5 Å². The first-order chi connectivity index (χ1) is 11.6. The van der Waals surface area contributed by atoms with E-state index in [1.165, 1.54) is 12.7 Å². The van der Waals surface area contributed by atoms with Gasteiger partial charge in [0.05, 0.1) is 12.7 Å². The molecule has 0 atom stereocenters. The Hall–Kier alpha value is -2.09. The van der Waals surface area contributed by atoms with E-state index in [9.17, 15) is 9.59 Å². The highest BCUT2D eigenvalue weighted by molar-refractivity contribution is 14.1. The van der Waals surface area contributed by atoms with Crippen molar-refractivity contribution in [3.8, 4) is 0 Å². The Balaban J connectivity index is 1.78. The van der Waals surface area contributed by atoms with Gasteiger partial charge in [0.15, 0.2) is 0 Å². The van der Waals surface area contributed by atoms with Crippen LogP contribution in [-0.4, -0.2) is 30.6 Å². The van der Waals surface area contributed by atoms with Crippen LogP contribution in [0.5, 0.6) is 0 Å². The quantitative estimate of drug-likeness (QED) is 0.732. The molecule has 5 nitrogen and oxygen atoms in total. The lowest BCUT2D eigenvalue weighted by atomic mass is 9.99. The van der Waals surface area contributed by atoms with E-state index < -0.39 is 0 Å². The minimum atomic E-state index is -0.325. The summed E-state index contributed by atoms with van der Waals surface area (Å²) in [5.41, 5.74) is 3.60. The number of halogens is 1. The number of hydrogen-bond donors (Lipinski definition) is 1. The van der Waals surface area contributed by atoms with E-state index in [1.807, 2.05) is 36.4 Å². The third kappa shape index (κ3) is 3.53. The van der Waals surface area contributed by atoms with Crippen molar-refractivity contribution in [2.24, 2.45) is 0 Å². The molecule has 1 aliphatic rings. The van der Waals surface area contributed by atoms with E-state index in [0.717, 1.165) is 21.2 Å². The van der Waals surface area contributed by atoms with Crippen molar-refractivity contribution >= 4 is 40.3 Å². The number of carbonyl (C=O) groups excluding carboxylic acids is 2.